The first-order valence-corrected chi connectivity index (χ1v) is 23.9. The van der Waals surface area contributed by atoms with Crippen LogP contribution in [0.4, 0.5) is 0 Å². The van der Waals surface area contributed by atoms with E-state index in [9.17, 15) is 19.0 Å². The fraction of sp³-hybridized carbons (Fsp3) is 0.783. The maximum Gasteiger partial charge on any atom is 0.472 e. The molecule has 0 aromatic heterocycles. The lowest BCUT2D eigenvalue weighted by atomic mass is 10.1. The van der Waals surface area contributed by atoms with Gasteiger partial charge in [-0.05, 0) is 70.6 Å². The summed E-state index contributed by atoms with van der Waals surface area (Å²) >= 11 is 0. The molecule has 0 rings (SSSR count). The number of allylic oxidation sites excluding steroid dienone is 8. The van der Waals surface area contributed by atoms with Gasteiger partial charge in [0.1, 0.15) is 19.8 Å². The van der Waals surface area contributed by atoms with Crippen LogP contribution in [-0.2, 0) is 32.7 Å². The molecule has 0 aromatic carbocycles. The third kappa shape index (κ3) is 41.6. The van der Waals surface area contributed by atoms with Crippen molar-refractivity contribution in [3.05, 3.63) is 48.6 Å². The number of nitrogens with zero attached hydrogens (tertiary/aromatic N) is 1. The molecule has 10 heteroatoms. The van der Waals surface area contributed by atoms with E-state index in [2.05, 4.69) is 62.5 Å². The van der Waals surface area contributed by atoms with Crippen LogP contribution in [0, 0.1) is 0 Å². The van der Waals surface area contributed by atoms with Gasteiger partial charge in [0.05, 0.1) is 27.7 Å². The molecule has 0 aliphatic rings. The van der Waals surface area contributed by atoms with Crippen molar-refractivity contribution in [1.29, 1.82) is 0 Å². The lowest BCUT2D eigenvalue weighted by Crippen LogP contribution is -2.37. The van der Waals surface area contributed by atoms with Crippen LogP contribution < -0.4 is 0 Å². The molecular formula is C46H85NO8P+. The van der Waals surface area contributed by atoms with Gasteiger partial charge >= 0.3 is 19.8 Å². The maximum absolute atomic E-state index is 12.7. The summed E-state index contributed by atoms with van der Waals surface area (Å²) in [6.45, 7) is 4.28. The monoisotopic (exact) mass is 811 g/mol. The highest BCUT2D eigenvalue weighted by Crippen LogP contribution is 2.43. The number of carbonyl (C=O) groups excluding carboxylic acids is 2. The smallest absolute Gasteiger partial charge is 0.462 e. The number of ether oxygens (including phenoxy) is 2. The fourth-order valence-electron chi connectivity index (χ4n) is 5.85. The summed E-state index contributed by atoms with van der Waals surface area (Å²) in [5.74, 6) is -0.824. The van der Waals surface area contributed by atoms with E-state index in [1.807, 2.05) is 21.1 Å². The summed E-state index contributed by atoms with van der Waals surface area (Å²) in [7, 11) is 1.46. The van der Waals surface area contributed by atoms with E-state index in [1.54, 1.807) is 0 Å². The zero-order valence-electron chi connectivity index (χ0n) is 36.6. The maximum atomic E-state index is 12.7. The Morgan fingerprint density at radius 2 is 1.02 bits per heavy atom. The molecule has 0 fully saturated rings. The van der Waals surface area contributed by atoms with Crippen LogP contribution in [0.2, 0.25) is 0 Å². The predicted molar refractivity (Wildman–Crippen MR) is 233 cm³/mol. The molecule has 0 aliphatic carbocycles. The van der Waals surface area contributed by atoms with Crippen LogP contribution in [0.25, 0.3) is 0 Å². The van der Waals surface area contributed by atoms with Crippen LogP contribution in [0.5, 0.6) is 0 Å². The lowest BCUT2D eigenvalue weighted by Gasteiger charge is -2.24. The zero-order valence-corrected chi connectivity index (χ0v) is 37.5. The van der Waals surface area contributed by atoms with Crippen LogP contribution in [0.3, 0.4) is 0 Å². The van der Waals surface area contributed by atoms with E-state index < -0.39 is 26.5 Å². The quantitative estimate of drug-likeness (QED) is 0.0214. The third-order valence-electron chi connectivity index (χ3n) is 9.34. The van der Waals surface area contributed by atoms with Crippen molar-refractivity contribution in [2.24, 2.45) is 0 Å². The van der Waals surface area contributed by atoms with E-state index in [1.165, 1.54) is 64.2 Å². The number of likely N-dealkylation sites (N-methyl/N-ethyl adjacent to an activating group) is 1. The Kier molecular flexibility index (Phi) is 37.1. The summed E-state index contributed by atoms with van der Waals surface area (Å²) in [6, 6.07) is 0. The van der Waals surface area contributed by atoms with Crippen molar-refractivity contribution in [3.8, 4) is 0 Å². The fourth-order valence-corrected chi connectivity index (χ4v) is 6.59. The van der Waals surface area contributed by atoms with Gasteiger partial charge in [-0.3, -0.25) is 18.6 Å². The van der Waals surface area contributed by atoms with Gasteiger partial charge in [0.15, 0.2) is 6.10 Å². The molecule has 0 aliphatic heterocycles. The largest absolute Gasteiger partial charge is 0.472 e. The molecule has 0 radical (unpaired) electrons. The average Bonchev–Trinajstić information content (AvgIpc) is 3.15. The summed E-state index contributed by atoms with van der Waals surface area (Å²) in [5.41, 5.74) is 0. The van der Waals surface area contributed by atoms with E-state index in [-0.39, 0.29) is 32.0 Å². The Morgan fingerprint density at radius 3 is 1.54 bits per heavy atom. The van der Waals surface area contributed by atoms with Crippen LogP contribution >= 0.6 is 7.82 Å². The first-order valence-electron chi connectivity index (χ1n) is 22.4. The number of hydrogen-bond donors (Lipinski definition) is 1. The molecule has 0 saturated carbocycles. The summed E-state index contributed by atoms with van der Waals surface area (Å²) < 4.78 is 34.3. The number of esters is 2. The van der Waals surface area contributed by atoms with Gasteiger partial charge in [0, 0.05) is 12.8 Å². The number of rotatable bonds is 40. The molecule has 326 valence electrons. The molecule has 0 saturated heterocycles. The molecule has 0 heterocycles. The number of phosphoric ester groups is 1. The minimum Gasteiger partial charge on any atom is -0.462 e. The molecule has 0 amide bonds. The average molecular weight is 811 g/mol. The van der Waals surface area contributed by atoms with Gasteiger partial charge in [-0.2, -0.15) is 0 Å². The van der Waals surface area contributed by atoms with Crippen LogP contribution in [0.15, 0.2) is 48.6 Å². The van der Waals surface area contributed by atoms with E-state index in [4.69, 9.17) is 18.5 Å². The molecule has 0 spiro atoms. The SMILES string of the molecule is CC/C=C\C/C=C\C/C=C\CCCCCCCC(=O)O[C@H](COC(=O)CCCCCCCCC/C=C\CCCCCCCC)COP(=O)(O)OCC[N+](C)(C)C. The zero-order chi connectivity index (χ0) is 41.4. The Bertz CT molecular complexity index is 1100. The van der Waals surface area contributed by atoms with Crippen molar-refractivity contribution in [2.75, 3.05) is 47.5 Å². The molecule has 56 heavy (non-hydrogen) atoms. The number of carbonyl (C=O) groups is 2. The van der Waals surface area contributed by atoms with Crippen molar-refractivity contribution in [3.63, 3.8) is 0 Å². The van der Waals surface area contributed by atoms with E-state index in [0.29, 0.717) is 17.4 Å². The highest BCUT2D eigenvalue weighted by Gasteiger charge is 2.27. The number of unbranched alkanes of at least 4 members (excludes halogenated alkanes) is 18. The van der Waals surface area contributed by atoms with Crippen LogP contribution in [-0.4, -0.2) is 74.9 Å². The molecule has 2 atom stereocenters. The summed E-state index contributed by atoms with van der Waals surface area (Å²) in [4.78, 5) is 35.4. The Morgan fingerprint density at radius 1 is 0.571 bits per heavy atom. The van der Waals surface area contributed by atoms with Crippen molar-refractivity contribution in [2.45, 2.75) is 187 Å². The standard InChI is InChI=1S/C46H84NO8P/c1-6-8-10-12-14-16-18-20-22-23-25-26-28-30-32-34-36-38-45(48)52-42-44(43-54-56(50,51)53-41-40-47(3,4)5)55-46(49)39-37-35-33-31-29-27-24-21-19-17-15-13-11-9-7-2/h9,11,15,17,20-22,24,44H,6-8,10,12-14,16,18-19,23,25-43H2,1-5H3/p+1/b11-9-,17-15-,22-20-,24-21-/t44-/m1/s1. The van der Waals surface area contributed by atoms with Gasteiger partial charge in [-0.1, -0.05) is 146 Å². The summed E-state index contributed by atoms with van der Waals surface area (Å²) in [5, 5.41) is 0. The molecule has 0 aromatic rings. The number of phosphoric acid groups is 1. The van der Waals surface area contributed by atoms with Gasteiger partial charge in [-0.25, -0.2) is 4.57 Å². The molecule has 0 bridgehead atoms. The molecule has 9 nitrogen and oxygen atoms in total. The van der Waals surface area contributed by atoms with Gasteiger partial charge < -0.3 is 18.9 Å². The highest BCUT2D eigenvalue weighted by atomic mass is 31.2. The Labute approximate surface area is 343 Å². The molecule has 1 unspecified atom stereocenters. The number of hydrogen-bond acceptors (Lipinski definition) is 7. The molecular weight excluding hydrogens is 725 g/mol. The minimum atomic E-state index is -4.38. The topological polar surface area (TPSA) is 108 Å². The number of quaternary nitrogens is 1. The normalized spacial score (nSPS) is 14.0. The van der Waals surface area contributed by atoms with E-state index >= 15 is 0 Å². The Hall–Kier alpha value is -2.03. The third-order valence-corrected chi connectivity index (χ3v) is 10.3. The minimum absolute atomic E-state index is 0.0260. The highest BCUT2D eigenvalue weighted by molar-refractivity contribution is 7.47. The van der Waals surface area contributed by atoms with Crippen molar-refractivity contribution in [1.82, 2.24) is 0 Å². The second-order valence-electron chi connectivity index (χ2n) is 16.0. The predicted octanol–water partition coefficient (Wildman–Crippen LogP) is 12.7. The van der Waals surface area contributed by atoms with Crippen molar-refractivity contribution >= 4 is 19.8 Å². The van der Waals surface area contributed by atoms with Crippen LogP contribution in [0.1, 0.15) is 181 Å². The van der Waals surface area contributed by atoms with Gasteiger partial charge in [0.2, 0.25) is 0 Å². The first kappa shape index (κ1) is 54.0. The molecule has 1 N–H and O–H groups in total. The first-order chi connectivity index (χ1) is 27.0. The Balaban J connectivity index is 4.37. The second-order valence-corrected chi connectivity index (χ2v) is 17.5. The lowest BCUT2D eigenvalue weighted by molar-refractivity contribution is -0.870. The second kappa shape index (κ2) is 38.5. The van der Waals surface area contributed by atoms with Gasteiger partial charge in [-0.15, -0.1) is 0 Å². The summed E-state index contributed by atoms with van der Waals surface area (Å²) in [6.07, 6.45) is 44.4. The van der Waals surface area contributed by atoms with Gasteiger partial charge in [0.25, 0.3) is 0 Å². The van der Waals surface area contributed by atoms with Crippen molar-refractivity contribution < 1.29 is 42.1 Å². The van der Waals surface area contributed by atoms with E-state index in [0.717, 1.165) is 83.5 Å².